The van der Waals surface area contributed by atoms with Crippen LogP contribution < -0.4 is 9.47 Å². The Labute approximate surface area is 119 Å². The van der Waals surface area contributed by atoms with E-state index in [9.17, 15) is 13.6 Å². The van der Waals surface area contributed by atoms with Crippen LogP contribution in [0, 0.1) is 11.6 Å². The molecule has 0 radical (unpaired) electrons. The molecule has 0 aliphatic carbocycles. The van der Waals surface area contributed by atoms with Crippen molar-refractivity contribution in [2.45, 2.75) is 6.61 Å². The second-order valence-corrected chi connectivity index (χ2v) is 4.20. The van der Waals surface area contributed by atoms with Gasteiger partial charge in [-0.3, -0.25) is 0 Å². The molecule has 0 saturated carbocycles. The summed E-state index contributed by atoms with van der Waals surface area (Å²) in [5.41, 5.74) is -0.0217. The third-order valence-corrected chi connectivity index (χ3v) is 2.78. The van der Waals surface area contributed by atoms with Gasteiger partial charge in [-0.2, -0.15) is 0 Å². The summed E-state index contributed by atoms with van der Waals surface area (Å²) in [5, 5.41) is 8.83. The molecule has 0 atom stereocenters. The van der Waals surface area contributed by atoms with Crippen LogP contribution in [0.15, 0.2) is 36.4 Å². The highest BCUT2D eigenvalue weighted by Crippen LogP contribution is 2.22. The molecule has 0 aliphatic rings. The van der Waals surface area contributed by atoms with E-state index in [-0.39, 0.29) is 29.2 Å². The Kier molecular flexibility index (Phi) is 4.37. The van der Waals surface area contributed by atoms with E-state index in [4.69, 9.17) is 14.6 Å². The van der Waals surface area contributed by atoms with Gasteiger partial charge in [-0.05, 0) is 18.2 Å². The van der Waals surface area contributed by atoms with Gasteiger partial charge in [0.05, 0.1) is 12.7 Å². The maximum Gasteiger partial charge on any atom is 0.335 e. The lowest BCUT2D eigenvalue weighted by molar-refractivity contribution is 0.0695. The van der Waals surface area contributed by atoms with Crippen LogP contribution in [0.1, 0.15) is 15.9 Å². The van der Waals surface area contributed by atoms with Crippen molar-refractivity contribution >= 4 is 5.97 Å². The van der Waals surface area contributed by atoms with Crippen LogP contribution in [0.2, 0.25) is 0 Å². The van der Waals surface area contributed by atoms with Gasteiger partial charge in [0, 0.05) is 11.6 Å². The Morgan fingerprint density at radius 2 is 2.00 bits per heavy atom. The molecule has 0 heterocycles. The standard InChI is InChI=1S/C15H12F2O4/c1-20-13-4-2-3-9(14(13)17)8-21-12-6-10(15(18)19)5-11(16)7-12/h2-7H,8H2,1H3,(H,18,19). The van der Waals surface area contributed by atoms with Crippen LogP contribution >= 0.6 is 0 Å². The van der Waals surface area contributed by atoms with Crippen molar-refractivity contribution < 1.29 is 28.2 Å². The van der Waals surface area contributed by atoms with Gasteiger partial charge >= 0.3 is 5.97 Å². The van der Waals surface area contributed by atoms with Gasteiger partial charge in [-0.15, -0.1) is 0 Å². The molecule has 0 fully saturated rings. The number of rotatable bonds is 5. The molecule has 21 heavy (non-hydrogen) atoms. The zero-order valence-electron chi connectivity index (χ0n) is 11.1. The maximum atomic E-state index is 13.9. The van der Waals surface area contributed by atoms with Crippen molar-refractivity contribution in [1.29, 1.82) is 0 Å². The van der Waals surface area contributed by atoms with Gasteiger partial charge < -0.3 is 14.6 Å². The first-order chi connectivity index (χ1) is 10.0. The van der Waals surface area contributed by atoms with Gasteiger partial charge in [0.2, 0.25) is 0 Å². The Morgan fingerprint density at radius 1 is 1.24 bits per heavy atom. The average molecular weight is 294 g/mol. The van der Waals surface area contributed by atoms with Crippen LogP contribution in [0.4, 0.5) is 8.78 Å². The van der Waals surface area contributed by atoms with E-state index < -0.39 is 17.6 Å². The predicted molar refractivity (Wildman–Crippen MR) is 70.6 cm³/mol. The first-order valence-corrected chi connectivity index (χ1v) is 5.99. The summed E-state index contributed by atoms with van der Waals surface area (Å²) in [6.45, 7) is -0.175. The van der Waals surface area contributed by atoms with Gasteiger partial charge in [0.25, 0.3) is 0 Å². The zero-order chi connectivity index (χ0) is 15.4. The minimum atomic E-state index is -1.27. The SMILES string of the molecule is COc1cccc(COc2cc(F)cc(C(=O)O)c2)c1F. The zero-order valence-corrected chi connectivity index (χ0v) is 11.1. The Bertz CT molecular complexity index is 671. The van der Waals surface area contributed by atoms with Gasteiger partial charge in [-0.25, -0.2) is 13.6 Å². The van der Waals surface area contributed by atoms with E-state index in [1.165, 1.54) is 25.3 Å². The number of methoxy groups -OCH3 is 1. The van der Waals surface area contributed by atoms with Gasteiger partial charge in [0.15, 0.2) is 11.6 Å². The van der Waals surface area contributed by atoms with Crippen LogP contribution in [0.5, 0.6) is 11.5 Å². The smallest absolute Gasteiger partial charge is 0.335 e. The lowest BCUT2D eigenvalue weighted by Gasteiger charge is -2.10. The summed E-state index contributed by atoms with van der Waals surface area (Å²) in [6.07, 6.45) is 0. The van der Waals surface area contributed by atoms with Crippen molar-refractivity contribution in [3.05, 3.63) is 59.2 Å². The molecule has 0 amide bonds. The highest BCUT2D eigenvalue weighted by atomic mass is 19.1. The number of benzene rings is 2. The fraction of sp³-hybridized carbons (Fsp3) is 0.133. The van der Waals surface area contributed by atoms with E-state index in [2.05, 4.69) is 0 Å². The van der Waals surface area contributed by atoms with Gasteiger partial charge in [0.1, 0.15) is 18.2 Å². The van der Waals surface area contributed by atoms with Crippen LogP contribution in [0.25, 0.3) is 0 Å². The quantitative estimate of drug-likeness (QED) is 0.919. The number of hydrogen-bond donors (Lipinski definition) is 1. The summed E-state index contributed by atoms with van der Waals surface area (Å²) in [4.78, 5) is 10.8. The molecule has 2 rings (SSSR count). The highest BCUT2D eigenvalue weighted by molar-refractivity contribution is 5.88. The fourth-order valence-electron chi connectivity index (χ4n) is 1.76. The molecule has 0 aliphatic heterocycles. The number of aromatic carboxylic acids is 1. The number of carboxylic acids is 1. The molecule has 2 aromatic rings. The molecular weight excluding hydrogens is 282 g/mol. The minimum Gasteiger partial charge on any atom is -0.494 e. The van der Waals surface area contributed by atoms with E-state index in [1.54, 1.807) is 6.07 Å². The molecule has 0 unspecified atom stereocenters. The summed E-state index contributed by atoms with van der Waals surface area (Å²) in [6, 6.07) is 7.63. The van der Waals surface area contributed by atoms with Crippen molar-refractivity contribution in [2.75, 3.05) is 7.11 Å². The Morgan fingerprint density at radius 3 is 2.67 bits per heavy atom. The van der Waals surface area contributed by atoms with Crippen LogP contribution in [-0.4, -0.2) is 18.2 Å². The van der Waals surface area contributed by atoms with E-state index >= 15 is 0 Å². The first kappa shape index (κ1) is 14.8. The Balaban J connectivity index is 2.19. The molecule has 6 heteroatoms. The van der Waals surface area contributed by atoms with Gasteiger partial charge in [-0.1, -0.05) is 12.1 Å². The number of carbonyl (C=O) groups is 1. The molecular formula is C15H12F2O4. The van der Waals surface area contributed by atoms with E-state index in [0.29, 0.717) is 0 Å². The summed E-state index contributed by atoms with van der Waals surface area (Å²) in [7, 11) is 1.34. The second kappa shape index (κ2) is 6.21. The highest BCUT2D eigenvalue weighted by Gasteiger charge is 2.11. The monoisotopic (exact) mass is 294 g/mol. The predicted octanol–water partition coefficient (Wildman–Crippen LogP) is 3.25. The summed E-state index contributed by atoms with van der Waals surface area (Å²) in [5.74, 6) is -2.51. The summed E-state index contributed by atoms with van der Waals surface area (Å²) >= 11 is 0. The topological polar surface area (TPSA) is 55.8 Å². The fourth-order valence-corrected chi connectivity index (χ4v) is 1.76. The van der Waals surface area contributed by atoms with Crippen LogP contribution in [0.3, 0.4) is 0 Å². The number of halogens is 2. The third kappa shape index (κ3) is 3.47. The molecule has 0 saturated heterocycles. The number of hydrogen-bond acceptors (Lipinski definition) is 3. The lowest BCUT2D eigenvalue weighted by atomic mass is 10.2. The second-order valence-electron chi connectivity index (χ2n) is 4.20. The van der Waals surface area contributed by atoms with Crippen molar-refractivity contribution in [2.24, 2.45) is 0 Å². The normalized spacial score (nSPS) is 10.2. The molecule has 0 bridgehead atoms. The lowest BCUT2D eigenvalue weighted by Crippen LogP contribution is -2.02. The largest absolute Gasteiger partial charge is 0.494 e. The van der Waals surface area contributed by atoms with E-state index in [0.717, 1.165) is 12.1 Å². The molecule has 2 aromatic carbocycles. The number of carboxylic acid groups (broad SMARTS) is 1. The first-order valence-electron chi connectivity index (χ1n) is 5.99. The third-order valence-electron chi connectivity index (χ3n) is 2.78. The van der Waals surface area contributed by atoms with Crippen LogP contribution in [-0.2, 0) is 6.61 Å². The van der Waals surface area contributed by atoms with E-state index in [1.807, 2.05) is 0 Å². The van der Waals surface area contributed by atoms with Crippen molar-refractivity contribution in [3.8, 4) is 11.5 Å². The van der Waals surface area contributed by atoms with Crippen molar-refractivity contribution in [3.63, 3.8) is 0 Å². The minimum absolute atomic E-state index is 0.00891. The number of ether oxygens (including phenoxy) is 2. The maximum absolute atomic E-state index is 13.9. The molecule has 0 aromatic heterocycles. The Hall–Kier alpha value is -2.63. The summed E-state index contributed by atoms with van der Waals surface area (Å²) < 4.78 is 37.2. The molecule has 0 spiro atoms. The molecule has 1 N–H and O–H groups in total. The van der Waals surface area contributed by atoms with Crippen molar-refractivity contribution in [1.82, 2.24) is 0 Å². The molecule has 110 valence electrons. The average Bonchev–Trinajstić information content (AvgIpc) is 2.45. The molecule has 4 nitrogen and oxygen atoms in total.